The second-order valence-electron chi connectivity index (χ2n) is 17.4. The molecule has 7 aliphatic carbocycles. The maximum absolute atomic E-state index is 14.3. The summed E-state index contributed by atoms with van der Waals surface area (Å²) in [6.45, 7) is 9.57. The molecule has 262 valence electrons. The summed E-state index contributed by atoms with van der Waals surface area (Å²) in [5.41, 5.74) is 2.41. The average Bonchev–Trinajstić information content (AvgIpc) is 3.28. The van der Waals surface area contributed by atoms with E-state index in [2.05, 4.69) is 52.0 Å². The van der Waals surface area contributed by atoms with Crippen molar-refractivity contribution in [2.45, 2.75) is 142 Å². The minimum absolute atomic E-state index is 0.0188. The van der Waals surface area contributed by atoms with Crippen LogP contribution in [-0.4, -0.2) is 59.8 Å². The first-order chi connectivity index (χ1) is 22.1. The lowest BCUT2D eigenvalue weighted by molar-refractivity contribution is -0.114. The highest BCUT2D eigenvalue weighted by Crippen LogP contribution is 2.62. The normalized spacial score (nSPS) is 36.3. The summed E-state index contributed by atoms with van der Waals surface area (Å²) >= 11 is 0. The Balaban J connectivity index is 1.37. The molecule has 0 saturated heterocycles. The Morgan fingerprint density at radius 3 is 2.43 bits per heavy atom. The molecule has 0 aliphatic heterocycles. The van der Waals surface area contributed by atoms with Crippen LogP contribution in [0.3, 0.4) is 0 Å². The van der Waals surface area contributed by atoms with Crippen LogP contribution in [0.4, 0.5) is 0 Å². The van der Waals surface area contributed by atoms with Crippen molar-refractivity contribution in [3.63, 3.8) is 0 Å². The van der Waals surface area contributed by atoms with Gasteiger partial charge in [-0.05, 0) is 130 Å². The van der Waals surface area contributed by atoms with Gasteiger partial charge < -0.3 is 10.2 Å². The highest BCUT2D eigenvalue weighted by molar-refractivity contribution is 7.88. The number of aliphatic hydroxyl groups is 2. The first-order valence-corrected chi connectivity index (χ1v) is 20.7. The van der Waals surface area contributed by atoms with E-state index in [1.807, 2.05) is 0 Å². The molecule has 1 aromatic rings. The van der Waals surface area contributed by atoms with E-state index in [9.17, 15) is 23.4 Å². The molecule has 0 heterocycles. The summed E-state index contributed by atoms with van der Waals surface area (Å²) < 4.78 is 28.6. The maximum atomic E-state index is 14.3. The molecule has 8 rings (SSSR count). The molecular formula is C40H61NO5S. The smallest absolute Gasteiger partial charge is 0.211 e. The first kappa shape index (κ1) is 35.3. The molecule has 4 bridgehead atoms. The number of aliphatic hydroxyl groups excluding tert-OH is 1. The van der Waals surface area contributed by atoms with Gasteiger partial charge in [0.25, 0.3) is 0 Å². The monoisotopic (exact) mass is 667 g/mol. The standard InChI is InChI=1S/C40H61NO5S/c1-27-10-9-20-39(4)35(33-18-14-28(22-32(42)17-13-27)23-34(33)37(43)29-11-7-6-8-12-29)19-21-40(39,44)26-41(47(5,45)46)25-30-15-16-31-24-36(30)38(31,2)3/h10,14,18,23,29-32,35-36,42,44H,6-9,11-13,15-17,19-22,24-26H2,1-5H3. The zero-order valence-electron chi connectivity index (χ0n) is 29.8. The van der Waals surface area contributed by atoms with Crippen molar-refractivity contribution in [3.05, 3.63) is 46.5 Å². The van der Waals surface area contributed by atoms with Gasteiger partial charge in [0.1, 0.15) is 0 Å². The van der Waals surface area contributed by atoms with Gasteiger partial charge in [-0.2, -0.15) is 4.31 Å². The van der Waals surface area contributed by atoms with E-state index in [1.165, 1.54) is 24.7 Å². The summed E-state index contributed by atoms with van der Waals surface area (Å²) in [5, 5.41) is 23.8. The number of sulfonamides is 1. The Morgan fingerprint density at radius 1 is 1.00 bits per heavy atom. The molecule has 5 fully saturated rings. The molecular weight excluding hydrogens is 607 g/mol. The SMILES string of the molecule is CC1=CCCC2(C)C(CCC2(O)CN(CC2CCC3CC2C3(C)C)S(C)(=O)=O)c2ccc(cc2C(=O)C2CCCCC2)CC(O)CC1. The van der Waals surface area contributed by atoms with E-state index >= 15 is 0 Å². The number of rotatable bonds is 7. The molecule has 5 saturated carbocycles. The molecule has 7 aliphatic rings. The first-order valence-electron chi connectivity index (χ1n) is 18.8. The lowest BCUT2D eigenvalue weighted by atomic mass is 9.45. The van der Waals surface area contributed by atoms with E-state index in [-0.39, 0.29) is 29.6 Å². The average molecular weight is 668 g/mol. The van der Waals surface area contributed by atoms with Gasteiger partial charge in [-0.15, -0.1) is 0 Å². The number of carbonyl (C=O) groups excluding carboxylic acids is 1. The third kappa shape index (κ3) is 6.81. The number of carbonyl (C=O) groups is 1. The van der Waals surface area contributed by atoms with Crippen molar-refractivity contribution < 1.29 is 23.4 Å². The number of nitrogens with zero attached hydrogens (tertiary/aromatic N) is 1. The molecule has 0 spiro atoms. The van der Waals surface area contributed by atoms with Gasteiger partial charge >= 0.3 is 0 Å². The van der Waals surface area contributed by atoms with Crippen LogP contribution in [0, 0.1) is 34.5 Å². The molecule has 6 nitrogen and oxygen atoms in total. The van der Waals surface area contributed by atoms with Crippen LogP contribution in [-0.2, 0) is 16.4 Å². The zero-order valence-corrected chi connectivity index (χ0v) is 30.6. The Hall–Kier alpha value is -1.54. The molecule has 0 amide bonds. The molecule has 47 heavy (non-hydrogen) atoms. The van der Waals surface area contributed by atoms with Crippen molar-refractivity contribution in [2.24, 2.45) is 34.5 Å². The van der Waals surface area contributed by atoms with Crippen LogP contribution in [0.5, 0.6) is 0 Å². The minimum Gasteiger partial charge on any atom is -0.393 e. The fourth-order valence-electron chi connectivity index (χ4n) is 10.8. The Kier molecular flexibility index (Phi) is 9.99. The summed E-state index contributed by atoms with van der Waals surface area (Å²) in [6, 6.07) is 6.26. The Bertz CT molecular complexity index is 1460. The highest BCUT2D eigenvalue weighted by atomic mass is 32.2. The van der Waals surface area contributed by atoms with Gasteiger partial charge in [0.15, 0.2) is 5.78 Å². The molecule has 0 radical (unpaired) electrons. The van der Waals surface area contributed by atoms with Crippen molar-refractivity contribution in [3.8, 4) is 0 Å². The number of Topliss-reactive ketones (excluding diaryl/α,β-unsaturated/α-hetero) is 1. The number of benzene rings is 1. The van der Waals surface area contributed by atoms with E-state index in [1.54, 1.807) is 4.31 Å². The van der Waals surface area contributed by atoms with Crippen LogP contribution >= 0.6 is 0 Å². The Morgan fingerprint density at radius 2 is 1.74 bits per heavy atom. The minimum atomic E-state index is -3.56. The van der Waals surface area contributed by atoms with Crippen molar-refractivity contribution in [1.82, 2.24) is 4.31 Å². The zero-order chi connectivity index (χ0) is 33.8. The summed E-state index contributed by atoms with van der Waals surface area (Å²) in [6.07, 6.45) is 16.4. The van der Waals surface area contributed by atoms with Gasteiger partial charge in [0, 0.05) is 30.0 Å². The molecule has 7 heteroatoms. The van der Waals surface area contributed by atoms with Gasteiger partial charge in [-0.25, -0.2) is 8.42 Å². The second kappa shape index (κ2) is 13.3. The van der Waals surface area contributed by atoms with E-state index in [0.29, 0.717) is 50.5 Å². The van der Waals surface area contributed by atoms with Crippen LogP contribution in [0.2, 0.25) is 0 Å². The van der Waals surface area contributed by atoms with Gasteiger partial charge in [0.05, 0.1) is 18.0 Å². The number of allylic oxidation sites excluding steroid dienone is 2. The summed E-state index contributed by atoms with van der Waals surface area (Å²) in [5.74, 6) is 1.75. The number of ketones is 1. The molecule has 2 N–H and O–H groups in total. The van der Waals surface area contributed by atoms with Crippen molar-refractivity contribution >= 4 is 15.8 Å². The van der Waals surface area contributed by atoms with Crippen molar-refractivity contribution in [2.75, 3.05) is 19.3 Å². The van der Waals surface area contributed by atoms with Crippen LogP contribution in [0.25, 0.3) is 0 Å². The number of hydrogen-bond donors (Lipinski definition) is 2. The topological polar surface area (TPSA) is 94.9 Å². The number of fused-ring (bicyclic) bond motifs is 10. The third-order valence-electron chi connectivity index (χ3n) is 14.3. The summed E-state index contributed by atoms with van der Waals surface area (Å²) in [4.78, 5) is 14.3. The van der Waals surface area contributed by atoms with Gasteiger partial charge in [0.2, 0.25) is 10.0 Å². The largest absolute Gasteiger partial charge is 0.393 e. The predicted molar refractivity (Wildman–Crippen MR) is 189 cm³/mol. The second-order valence-corrected chi connectivity index (χ2v) is 19.4. The fourth-order valence-corrected chi connectivity index (χ4v) is 11.8. The van der Waals surface area contributed by atoms with Crippen molar-refractivity contribution in [1.29, 1.82) is 0 Å². The van der Waals surface area contributed by atoms with Gasteiger partial charge in [-0.3, -0.25) is 4.79 Å². The fraction of sp³-hybridized carbons (Fsp3) is 0.775. The third-order valence-corrected chi connectivity index (χ3v) is 15.5. The molecule has 0 aromatic heterocycles. The lowest BCUT2D eigenvalue weighted by Crippen LogP contribution is -2.58. The lowest BCUT2D eigenvalue weighted by Gasteiger charge is -2.60. The number of hydrogen-bond acceptors (Lipinski definition) is 5. The molecule has 7 atom stereocenters. The van der Waals surface area contributed by atoms with Crippen LogP contribution < -0.4 is 0 Å². The van der Waals surface area contributed by atoms with E-state index < -0.39 is 27.1 Å². The Labute approximate surface area is 284 Å². The van der Waals surface area contributed by atoms with Crippen LogP contribution in [0.1, 0.15) is 145 Å². The van der Waals surface area contributed by atoms with Crippen LogP contribution in [0.15, 0.2) is 29.8 Å². The summed E-state index contributed by atoms with van der Waals surface area (Å²) in [7, 11) is -3.56. The van der Waals surface area contributed by atoms with E-state index in [0.717, 1.165) is 74.0 Å². The predicted octanol–water partition coefficient (Wildman–Crippen LogP) is 7.82. The highest BCUT2D eigenvalue weighted by Gasteiger charge is 2.59. The quantitative estimate of drug-likeness (QED) is 0.228. The molecule has 1 aromatic carbocycles. The van der Waals surface area contributed by atoms with Gasteiger partial charge in [-0.1, -0.05) is 63.8 Å². The van der Waals surface area contributed by atoms with E-state index in [4.69, 9.17) is 0 Å². The maximum Gasteiger partial charge on any atom is 0.211 e. The molecule has 7 unspecified atom stereocenters.